The van der Waals surface area contributed by atoms with Crippen LogP contribution in [-0.4, -0.2) is 32.2 Å². The van der Waals surface area contributed by atoms with Crippen LogP contribution in [-0.2, 0) is 22.0 Å². The molecule has 0 aliphatic heterocycles. The second kappa shape index (κ2) is 8.59. The molecule has 0 saturated heterocycles. The Labute approximate surface area is 203 Å². The lowest BCUT2D eigenvalue weighted by Crippen LogP contribution is -2.18. The number of thiophene rings is 2. The number of aryl methyl sites for hydroxylation is 1. The van der Waals surface area contributed by atoms with Crippen LogP contribution in [0.25, 0.3) is 9.40 Å². The molecule has 1 fully saturated rings. The third kappa shape index (κ3) is 4.16. The predicted octanol–water partition coefficient (Wildman–Crippen LogP) is 4.92. The molecule has 1 atom stereocenters. The average Bonchev–Trinajstić information content (AvgIpc) is 3.26. The normalized spacial score (nSPS) is 14.8. The number of carboxylic acid groups (broad SMARTS) is 1. The van der Waals surface area contributed by atoms with Crippen molar-refractivity contribution in [3.05, 3.63) is 63.5 Å². The van der Waals surface area contributed by atoms with Crippen molar-refractivity contribution in [3.8, 4) is 11.8 Å². The number of aliphatic carboxylic acids is 1. The molecule has 1 aliphatic carbocycles. The van der Waals surface area contributed by atoms with Crippen molar-refractivity contribution in [2.24, 2.45) is 7.05 Å². The van der Waals surface area contributed by atoms with E-state index in [2.05, 4.69) is 27.5 Å². The second-order valence-electron chi connectivity index (χ2n) is 8.08. The Balaban J connectivity index is 1.30. The van der Waals surface area contributed by atoms with Gasteiger partial charge in [0.2, 0.25) is 0 Å². The number of nitrogens with zero attached hydrogens (tertiary/aromatic N) is 3. The molecule has 10 heteroatoms. The zero-order valence-corrected chi connectivity index (χ0v) is 20.0. The van der Waals surface area contributed by atoms with Crippen LogP contribution >= 0.6 is 22.7 Å². The first-order chi connectivity index (χ1) is 16.4. The number of amides is 1. The van der Waals surface area contributed by atoms with Crippen LogP contribution in [0.4, 0.5) is 10.6 Å². The molecule has 1 aromatic carbocycles. The molecule has 4 aromatic rings. The summed E-state index contributed by atoms with van der Waals surface area (Å²) in [6, 6.07) is 13.4. The molecule has 0 radical (unpaired) electrons. The van der Waals surface area contributed by atoms with Gasteiger partial charge in [-0.1, -0.05) is 35.5 Å². The van der Waals surface area contributed by atoms with Crippen molar-refractivity contribution in [2.45, 2.75) is 31.3 Å². The van der Waals surface area contributed by atoms with E-state index in [4.69, 9.17) is 4.74 Å². The molecule has 8 nitrogen and oxygen atoms in total. The Hall–Kier alpha value is -3.68. The summed E-state index contributed by atoms with van der Waals surface area (Å²) in [4.78, 5) is 25.7. The standard InChI is InChI=1S/C24H20N4O4S2/c1-14(15-6-4-3-5-7-15)32-23(31)25-21-17(26-27-28(21)2)9-8-16-12-18-19(33-16)13-20(34-18)24(10-11-24)22(29)30/h3-7,12-14H,10-11H2,1-2H3,(H,25,31)(H,29,30). The SMILES string of the molecule is CC(OC(=O)Nc1c(C#Cc2cc3sc(C4(C(=O)O)CC4)cc3s2)nnn1C)c1ccccc1. The minimum Gasteiger partial charge on any atom is -0.481 e. The highest BCUT2D eigenvalue weighted by atomic mass is 32.1. The van der Waals surface area contributed by atoms with E-state index >= 15 is 0 Å². The first kappa shape index (κ1) is 22.1. The Morgan fingerprint density at radius 3 is 2.59 bits per heavy atom. The number of carboxylic acids is 1. The highest BCUT2D eigenvalue weighted by Gasteiger charge is 2.53. The Morgan fingerprint density at radius 1 is 1.18 bits per heavy atom. The first-order valence-corrected chi connectivity index (χ1v) is 12.2. The number of aromatic nitrogens is 3. The number of nitrogens with one attached hydrogen (secondary N) is 1. The molecule has 3 heterocycles. The van der Waals surface area contributed by atoms with E-state index in [0.29, 0.717) is 24.4 Å². The second-order valence-corrected chi connectivity index (χ2v) is 10.2. The monoisotopic (exact) mass is 492 g/mol. The Morgan fingerprint density at radius 2 is 1.91 bits per heavy atom. The molecule has 5 rings (SSSR count). The van der Waals surface area contributed by atoms with Crippen LogP contribution in [0.3, 0.4) is 0 Å². The van der Waals surface area contributed by atoms with Crippen molar-refractivity contribution in [3.63, 3.8) is 0 Å². The van der Waals surface area contributed by atoms with Gasteiger partial charge >= 0.3 is 12.1 Å². The molecule has 3 aromatic heterocycles. The molecule has 1 amide bonds. The summed E-state index contributed by atoms with van der Waals surface area (Å²) in [6.45, 7) is 1.80. The lowest BCUT2D eigenvalue weighted by Gasteiger charge is -2.14. The van der Waals surface area contributed by atoms with Gasteiger partial charge in [0.1, 0.15) is 11.5 Å². The minimum absolute atomic E-state index is 0.326. The fourth-order valence-electron chi connectivity index (χ4n) is 3.60. The third-order valence-corrected chi connectivity index (χ3v) is 8.16. The van der Waals surface area contributed by atoms with Gasteiger partial charge in [-0.05, 0) is 49.3 Å². The number of carbonyl (C=O) groups is 2. The zero-order chi connectivity index (χ0) is 23.9. The first-order valence-electron chi connectivity index (χ1n) is 10.6. The zero-order valence-electron chi connectivity index (χ0n) is 18.4. The van der Waals surface area contributed by atoms with Crippen LogP contribution in [0.1, 0.15) is 46.9 Å². The number of carbonyl (C=O) groups excluding carboxylic acids is 1. The Bertz CT molecular complexity index is 1420. The predicted molar refractivity (Wildman–Crippen MR) is 130 cm³/mol. The van der Waals surface area contributed by atoms with Crippen molar-refractivity contribution in [1.29, 1.82) is 0 Å². The fourth-order valence-corrected chi connectivity index (χ4v) is 6.09. The van der Waals surface area contributed by atoms with Crippen molar-refractivity contribution < 1.29 is 19.4 Å². The summed E-state index contributed by atoms with van der Waals surface area (Å²) in [6.07, 6.45) is 0.341. The van der Waals surface area contributed by atoms with E-state index < -0.39 is 23.6 Å². The summed E-state index contributed by atoms with van der Waals surface area (Å²) in [5.41, 5.74) is 0.520. The van der Waals surface area contributed by atoms with E-state index in [-0.39, 0.29) is 0 Å². The van der Waals surface area contributed by atoms with Gasteiger partial charge in [-0.2, -0.15) is 0 Å². The van der Waals surface area contributed by atoms with Gasteiger partial charge in [0.05, 0.1) is 4.88 Å². The molecular weight excluding hydrogens is 472 g/mol. The fraction of sp³-hybridized carbons (Fsp3) is 0.250. The summed E-state index contributed by atoms with van der Waals surface area (Å²) in [7, 11) is 1.66. The summed E-state index contributed by atoms with van der Waals surface area (Å²) in [5, 5.41) is 20.2. The number of benzene rings is 1. The summed E-state index contributed by atoms with van der Waals surface area (Å²) < 4.78 is 8.94. The number of anilines is 1. The van der Waals surface area contributed by atoms with E-state index in [1.54, 1.807) is 14.0 Å². The largest absolute Gasteiger partial charge is 0.481 e. The summed E-state index contributed by atoms with van der Waals surface area (Å²) in [5.74, 6) is 5.64. The molecule has 1 aliphatic rings. The van der Waals surface area contributed by atoms with Gasteiger partial charge in [-0.25, -0.2) is 9.48 Å². The number of ether oxygens (including phenoxy) is 1. The summed E-state index contributed by atoms with van der Waals surface area (Å²) >= 11 is 3.02. The van der Waals surface area contributed by atoms with E-state index in [1.807, 2.05) is 42.5 Å². The van der Waals surface area contributed by atoms with Crippen LogP contribution in [0.5, 0.6) is 0 Å². The van der Waals surface area contributed by atoms with Gasteiger partial charge in [0.25, 0.3) is 0 Å². The van der Waals surface area contributed by atoms with Gasteiger partial charge < -0.3 is 9.84 Å². The molecule has 34 heavy (non-hydrogen) atoms. The van der Waals surface area contributed by atoms with Crippen molar-refractivity contribution in [1.82, 2.24) is 15.0 Å². The van der Waals surface area contributed by atoms with Crippen LogP contribution in [0.2, 0.25) is 0 Å². The quantitative estimate of drug-likeness (QED) is 0.383. The highest BCUT2D eigenvalue weighted by molar-refractivity contribution is 7.28. The maximum Gasteiger partial charge on any atom is 0.413 e. The van der Waals surface area contributed by atoms with Crippen LogP contribution in [0, 0.1) is 11.8 Å². The van der Waals surface area contributed by atoms with Crippen molar-refractivity contribution >= 4 is 50.0 Å². The minimum atomic E-state index is -0.749. The maximum absolute atomic E-state index is 12.4. The molecule has 0 bridgehead atoms. The van der Waals surface area contributed by atoms with Gasteiger partial charge in [-0.15, -0.1) is 27.8 Å². The number of hydrogen-bond acceptors (Lipinski definition) is 7. The van der Waals surface area contributed by atoms with Gasteiger partial charge in [-0.3, -0.25) is 10.1 Å². The maximum atomic E-state index is 12.4. The van der Waals surface area contributed by atoms with Crippen molar-refractivity contribution in [2.75, 3.05) is 5.32 Å². The molecule has 0 spiro atoms. The lowest BCUT2D eigenvalue weighted by atomic mass is 10.1. The van der Waals surface area contributed by atoms with E-state index in [9.17, 15) is 14.7 Å². The van der Waals surface area contributed by atoms with Gasteiger partial charge in [0, 0.05) is 21.3 Å². The number of rotatable bonds is 5. The number of fused-ring (bicyclic) bond motifs is 1. The number of hydrogen-bond donors (Lipinski definition) is 2. The molecule has 172 valence electrons. The average molecular weight is 493 g/mol. The van der Waals surface area contributed by atoms with E-state index in [0.717, 1.165) is 24.7 Å². The van der Waals surface area contributed by atoms with Gasteiger partial charge in [0.15, 0.2) is 11.5 Å². The molecule has 1 saturated carbocycles. The topological polar surface area (TPSA) is 106 Å². The van der Waals surface area contributed by atoms with E-state index in [1.165, 1.54) is 27.4 Å². The Kier molecular flexibility index (Phi) is 5.59. The smallest absolute Gasteiger partial charge is 0.413 e. The van der Waals surface area contributed by atoms with Crippen LogP contribution < -0.4 is 5.32 Å². The molecule has 1 unspecified atom stereocenters. The third-order valence-electron chi connectivity index (χ3n) is 5.74. The lowest BCUT2D eigenvalue weighted by molar-refractivity contribution is -0.139. The molecular formula is C24H20N4O4S2. The highest BCUT2D eigenvalue weighted by Crippen LogP contribution is 2.52. The van der Waals surface area contributed by atoms with Crippen LogP contribution in [0.15, 0.2) is 42.5 Å². The molecule has 2 N–H and O–H groups in total.